The van der Waals surface area contributed by atoms with E-state index in [2.05, 4.69) is 27.5 Å². The highest BCUT2D eigenvalue weighted by Crippen LogP contribution is 2.23. The zero-order chi connectivity index (χ0) is 18.4. The van der Waals surface area contributed by atoms with E-state index in [1.54, 1.807) is 18.4 Å². The van der Waals surface area contributed by atoms with Crippen LogP contribution < -0.4 is 15.3 Å². The topological polar surface area (TPSA) is 88.1 Å². The Morgan fingerprint density at radius 3 is 2.92 bits per heavy atom. The minimum Gasteiger partial charge on any atom is -0.497 e. The van der Waals surface area contributed by atoms with E-state index in [-0.39, 0.29) is 6.61 Å². The molecular weight excluding hydrogens is 370 g/mol. The van der Waals surface area contributed by atoms with Crippen LogP contribution in [0.25, 0.3) is 0 Å². The summed E-state index contributed by atoms with van der Waals surface area (Å²) in [7, 11) is 1.62. The molecule has 9 heteroatoms. The predicted molar refractivity (Wildman–Crippen MR) is 103 cm³/mol. The van der Waals surface area contributed by atoms with Gasteiger partial charge < -0.3 is 15.3 Å². The second-order valence-corrected chi connectivity index (χ2v) is 7.39. The number of nitrogens with zero attached hydrogens (tertiary/aromatic N) is 4. The molecule has 0 saturated heterocycles. The van der Waals surface area contributed by atoms with E-state index in [0.29, 0.717) is 22.5 Å². The molecule has 0 radical (unpaired) electrons. The number of nitrogens with two attached hydrogens (primary N) is 1. The number of hydrogen-bond donors (Lipinski definition) is 1. The van der Waals surface area contributed by atoms with Crippen LogP contribution in [0.3, 0.4) is 0 Å². The molecule has 26 heavy (non-hydrogen) atoms. The van der Waals surface area contributed by atoms with Crippen molar-refractivity contribution in [3.63, 3.8) is 0 Å². The van der Waals surface area contributed by atoms with Gasteiger partial charge in [0.2, 0.25) is 5.16 Å². The molecular formula is C17H21N5O2S2. The van der Waals surface area contributed by atoms with Crippen molar-refractivity contribution < 1.29 is 9.47 Å². The van der Waals surface area contributed by atoms with Crippen LogP contribution in [-0.2, 0) is 18.8 Å². The molecule has 1 aromatic carbocycles. The van der Waals surface area contributed by atoms with Crippen molar-refractivity contribution >= 4 is 23.1 Å². The second-order valence-electron chi connectivity index (χ2n) is 5.51. The van der Waals surface area contributed by atoms with Crippen molar-refractivity contribution in [3.8, 4) is 11.5 Å². The molecule has 7 nitrogen and oxygen atoms in total. The Hall–Kier alpha value is -2.26. The number of aryl methyl sites for hydroxylation is 1. The largest absolute Gasteiger partial charge is 0.497 e. The maximum Gasteiger partial charge on any atom is 0.210 e. The van der Waals surface area contributed by atoms with Gasteiger partial charge >= 0.3 is 0 Å². The highest BCUT2D eigenvalue weighted by Gasteiger charge is 2.12. The van der Waals surface area contributed by atoms with E-state index in [4.69, 9.17) is 15.3 Å². The van der Waals surface area contributed by atoms with E-state index < -0.39 is 0 Å². The molecule has 3 aromatic rings. The Balaban J connectivity index is 1.56. The number of thioether (sulfide) groups is 1. The van der Waals surface area contributed by atoms with Crippen LogP contribution in [0.5, 0.6) is 11.5 Å². The molecule has 0 spiro atoms. The summed E-state index contributed by atoms with van der Waals surface area (Å²) in [6, 6.07) is 7.38. The van der Waals surface area contributed by atoms with Gasteiger partial charge in [0, 0.05) is 17.2 Å². The van der Waals surface area contributed by atoms with Crippen LogP contribution in [0.2, 0.25) is 0 Å². The maximum absolute atomic E-state index is 6.09. The van der Waals surface area contributed by atoms with E-state index in [0.717, 1.165) is 24.3 Å². The predicted octanol–water partition coefficient (Wildman–Crippen LogP) is 3.28. The number of nitrogen functional groups attached to an aromatic ring is 1. The first-order chi connectivity index (χ1) is 12.7. The monoisotopic (exact) mass is 391 g/mol. The fraction of sp³-hybridized carbons (Fsp3) is 0.353. The molecule has 0 fully saturated rings. The van der Waals surface area contributed by atoms with Crippen LogP contribution in [0.1, 0.15) is 29.9 Å². The van der Waals surface area contributed by atoms with Gasteiger partial charge in [-0.2, -0.15) is 0 Å². The normalized spacial score (nSPS) is 10.8. The molecule has 0 saturated carbocycles. The van der Waals surface area contributed by atoms with Gasteiger partial charge in [-0.3, -0.25) is 0 Å². The number of ether oxygens (including phenoxy) is 2. The first-order valence-electron chi connectivity index (χ1n) is 8.22. The number of thiazole rings is 1. The van der Waals surface area contributed by atoms with Crippen molar-refractivity contribution in [2.45, 2.75) is 37.3 Å². The highest BCUT2D eigenvalue weighted by atomic mass is 32.2. The number of hydrogen-bond acceptors (Lipinski definition) is 8. The lowest BCUT2D eigenvalue weighted by Gasteiger charge is -2.07. The fourth-order valence-corrected chi connectivity index (χ4v) is 4.00. The lowest BCUT2D eigenvalue weighted by atomic mass is 10.3. The maximum atomic E-state index is 6.09. The molecule has 0 atom stereocenters. The molecule has 138 valence electrons. The molecule has 0 aliphatic rings. The first-order valence-corrected chi connectivity index (χ1v) is 10.1. The highest BCUT2D eigenvalue weighted by molar-refractivity contribution is 7.98. The van der Waals surface area contributed by atoms with Crippen LogP contribution in [0.15, 0.2) is 34.8 Å². The molecule has 0 aliphatic heterocycles. The second kappa shape index (κ2) is 8.91. The van der Waals surface area contributed by atoms with Gasteiger partial charge in [0.05, 0.1) is 17.8 Å². The number of rotatable bonds is 9. The van der Waals surface area contributed by atoms with Gasteiger partial charge in [0.25, 0.3) is 0 Å². The van der Waals surface area contributed by atoms with Gasteiger partial charge in [0.1, 0.15) is 18.1 Å². The van der Waals surface area contributed by atoms with Gasteiger partial charge in [-0.15, -0.1) is 21.5 Å². The summed E-state index contributed by atoms with van der Waals surface area (Å²) in [6.07, 6.45) is 2.13. The molecule has 0 bridgehead atoms. The summed E-state index contributed by atoms with van der Waals surface area (Å²) in [6.45, 7) is 2.39. The van der Waals surface area contributed by atoms with Gasteiger partial charge in [-0.05, 0) is 25.0 Å². The first kappa shape index (κ1) is 18.5. The molecule has 2 heterocycles. The molecule has 0 aliphatic carbocycles. The summed E-state index contributed by atoms with van der Waals surface area (Å²) in [5.41, 5.74) is 1.04. The fourth-order valence-electron chi connectivity index (χ4n) is 2.23. The van der Waals surface area contributed by atoms with E-state index in [1.165, 1.54) is 21.4 Å². The SMILES string of the molecule is CCCc1nc(CSc2nnc(COc3cccc(OC)c3)n2N)cs1. The van der Waals surface area contributed by atoms with Gasteiger partial charge in [-0.1, -0.05) is 24.8 Å². The van der Waals surface area contributed by atoms with Crippen molar-refractivity contribution in [1.29, 1.82) is 0 Å². The minimum atomic E-state index is 0.231. The average Bonchev–Trinajstić information content (AvgIpc) is 3.25. The van der Waals surface area contributed by atoms with E-state index >= 15 is 0 Å². The van der Waals surface area contributed by atoms with Crippen molar-refractivity contribution in [2.75, 3.05) is 13.0 Å². The van der Waals surface area contributed by atoms with Crippen LogP contribution in [0.4, 0.5) is 0 Å². The standard InChI is InChI=1S/C17H21N5O2S2/c1-3-5-16-19-12(10-25-16)11-26-17-21-20-15(22(17)18)9-24-14-7-4-6-13(8-14)23-2/h4,6-8,10H,3,5,9,11,18H2,1-2H3. The number of aromatic nitrogens is 4. The Bertz CT molecular complexity index is 849. The smallest absolute Gasteiger partial charge is 0.210 e. The summed E-state index contributed by atoms with van der Waals surface area (Å²) < 4.78 is 12.4. The van der Waals surface area contributed by atoms with Gasteiger partial charge in [-0.25, -0.2) is 9.66 Å². The average molecular weight is 392 g/mol. The Morgan fingerprint density at radius 2 is 2.12 bits per heavy atom. The minimum absolute atomic E-state index is 0.231. The third-order valence-corrected chi connectivity index (χ3v) is 5.49. The van der Waals surface area contributed by atoms with Crippen molar-refractivity contribution in [1.82, 2.24) is 19.9 Å². The van der Waals surface area contributed by atoms with Crippen molar-refractivity contribution in [2.24, 2.45) is 0 Å². The summed E-state index contributed by atoms with van der Waals surface area (Å²) in [4.78, 5) is 4.61. The third kappa shape index (κ3) is 4.67. The lowest BCUT2D eigenvalue weighted by Crippen LogP contribution is -2.15. The molecule has 2 N–H and O–H groups in total. The Morgan fingerprint density at radius 1 is 1.27 bits per heavy atom. The zero-order valence-electron chi connectivity index (χ0n) is 14.7. The van der Waals surface area contributed by atoms with E-state index in [9.17, 15) is 0 Å². The van der Waals surface area contributed by atoms with E-state index in [1.807, 2.05) is 24.3 Å². The third-order valence-electron chi connectivity index (χ3n) is 3.56. The summed E-state index contributed by atoms with van der Waals surface area (Å²) in [5, 5.41) is 12.1. The Kier molecular flexibility index (Phi) is 6.35. The Labute approximate surface area is 160 Å². The quantitative estimate of drug-likeness (QED) is 0.442. The summed E-state index contributed by atoms with van der Waals surface area (Å²) in [5.74, 6) is 8.78. The van der Waals surface area contributed by atoms with Crippen LogP contribution in [0, 0.1) is 0 Å². The molecule has 2 aromatic heterocycles. The molecule has 0 unspecified atom stereocenters. The summed E-state index contributed by atoms with van der Waals surface area (Å²) >= 11 is 3.21. The van der Waals surface area contributed by atoms with Crippen LogP contribution in [-0.4, -0.2) is 27.0 Å². The molecule has 0 amide bonds. The van der Waals surface area contributed by atoms with Crippen LogP contribution >= 0.6 is 23.1 Å². The molecule has 3 rings (SSSR count). The zero-order valence-corrected chi connectivity index (χ0v) is 16.3. The van der Waals surface area contributed by atoms with Crippen molar-refractivity contribution in [3.05, 3.63) is 46.2 Å². The number of benzene rings is 1. The van der Waals surface area contributed by atoms with Gasteiger partial charge in [0.15, 0.2) is 5.82 Å². The lowest BCUT2D eigenvalue weighted by molar-refractivity contribution is 0.289. The number of methoxy groups -OCH3 is 1.